The topological polar surface area (TPSA) is 69.2 Å². The summed E-state index contributed by atoms with van der Waals surface area (Å²) >= 11 is 0. The van der Waals surface area contributed by atoms with Gasteiger partial charge >= 0.3 is 0 Å². The maximum atomic E-state index is 9.99. The van der Waals surface area contributed by atoms with Crippen LogP contribution in [0.4, 0.5) is 4.79 Å². The number of carbonyl (C=O) groups is 2. The van der Waals surface area contributed by atoms with Crippen molar-refractivity contribution in [3.8, 4) is 0 Å². The van der Waals surface area contributed by atoms with Crippen LogP contribution >= 0.6 is 0 Å². The molecule has 5 heteroatoms. The van der Waals surface area contributed by atoms with Crippen LogP contribution in [-0.2, 0) is 4.79 Å². The predicted octanol–water partition coefficient (Wildman–Crippen LogP) is -1.61. The predicted molar refractivity (Wildman–Crippen MR) is 33.4 cm³/mol. The molecule has 0 bridgehead atoms. The van der Waals surface area contributed by atoms with Gasteiger partial charge in [0.15, 0.2) is 13.7 Å². The molecular formula is C5H7BNO3-. The highest BCUT2D eigenvalue weighted by Crippen LogP contribution is 1.82. The van der Waals surface area contributed by atoms with Crippen LogP contribution in [0, 0.1) is 0 Å². The van der Waals surface area contributed by atoms with Gasteiger partial charge in [-0.25, -0.2) is 0 Å². The Labute approximate surface area is 60.0 Å². The Balaban J connectivity index is 3.06. The summed E-state index contributed by atoms with van der Waals surface area (Å²) in [6.45, 7) is 0.281. The molecule has 54 valence electrons. The number of amides is 1. The third-order valence-corrected chi connectivity index (χ3v) is 0.857. The fraction of sp³-hybridized carbons (Fsp3) is 0.600. The molecule has 0 rings (SSSR count). The molecule has 0 aromatic carbocycles. The van der Waals surface area contributed by atoms with Crippen molar-refractivity contribution < 1.29 is 14.7 Å². The van der Waals surface area contributed by atoms with Gasteiger partial charge in [0.05, 0.1) is 0 Å². The first-order chi connectivity index (χ1) is 4.63. The van der Waals surface area contributed by atoms with E-state index in [9.17, 15) is 14.7 Å². The van der Waals surface area contributed by atoms with Crippen molar-refractivity contribution in [3.05, 3.63) is 0 Å². The van der Waals surface area contributed by atoms with Gasteiger partial charge in [-0.2, -0.15) is 0 Å². The molecule has 0 unspecified atom stereocenters. The molecule has 0 aromatic heterocycles. The van der Waals surface area contributed by atoms with Crippen LogP contribution in [0.3, 0.4) is 0 Å². The van der Waals surface area contributed by atoms with Gasteiger partial charge in [0.25, 0.3) is 0 Å². The molecule has 1 amide bonds. The molecule has 0 atom stereocenters. The number of hydrogen-bond acceptors (Lipinski definition) is 3. The van der Waals surface area contributed by atoms with E-state index in [4.69, 9.17) is 7.85 Å². The molecule has 0 aliphatic carbocycles. The summed E-state index contributed by atoms with van der Waals surface area (Å²) in [5.41, 5.74) is 0. The summed E-state index contributed by atoms with van der Waals surface area (Å²) in [4.78, 5) is 19.8. The normalized spacial score (nSPS) is 8.80. The number of carboxylic acid groups (broad SMARTS) is 1. The molecule has 10 heavy (non-hydrogen) atoms. The van der Waals surface area contributed by atoms with Crippen LogP contribution in [0.15, 0.2) is 0 Å². The maximum Gasteiger partial charge on any atom is 0.200 e. The molecule has 1 N–H and O–H groups in total. The Kier molecular flexibility index (Phi) is 4.36. The van der Waals surface area contributed by atoms with Gasteiger partial charge < -0.3 is 15.2 Å². The zero-order valence-corrected chi connectivity index (χ0v) is 5.42. The number of hydrogen-bond donors (Lipinski definition) is 1. The first-order valence-electron chi connectivity index (χ1n) is 2.86. The van der Waals surface area contributed by atoms with E-state index in [0.717, 1.165) is 0 Å². The average molecular weight is 140 g/mol. The largest absolute Gasteiger partial charge is 0.550 e. The summed E-state index contributed by atoms with van der Waals surface area (Å²) in [6, 6.07) is 0. The van der Waals surface area contributed by atoms with Gasteiger partial charge in [-0.1, -0.05) is 0 Å². The zero-order valence-electron chi connectivity index (χ0n) is 5.42. The molecular weight excluding hydrogens is 133 g/mol. The summed E-state index contributed by atoms with van der Waals surface area (Å²) in [5, 5.41) is 12.0. The van der Waals surface area contributed by atoms with E-state index < -0.39 is 11.8 Å². The molecule has 0 aromatic rings. The van der Waals surface area contributed by atoms with Crippen molar-refractivity contribution in [2.45, 2.75) is 12.8 Å². The minimum absolute atomic E-state index is 0.0553. The number of nitrogens with one attached hydrogen (secondary N) is 1. The second kappa shape index (κ2) is 4.84. The third kappa shape index (κ3) is 7.00. The van der Waals surface area contributed by atoms with Crippen molar-refractivity contribution in [3.63, 3.8) is 0 Å². The second-order valence-corrected chi connectivity index (χ2v) is 1.77. The lowest BCUT2D eigenvalue weighted by Gasteiger charge is -2.01. The van der Waals surface area contributed by atoms with Crippen LogP contribution in [0.1, 0.15) is 12.8 Å². The van der Waals surface area contributed by atoms with Crippen molar-refractivity contribution >= 4 is 19.6 Å². The lowest BCUT2D eigenvalue weighted by molar-refractivity contribution is -0.305. The quantitative estimate of drug-likeness (QED) is 0.377. The molecule has 0 heterocycles. The second-order valence-electron chi connectivity index (χ2n) is 1.77. The first kappa shape index (κ1) is 9.00. The minimum Gasteiger partial charge on any atom is -0.550 e. The van der Waals surface area contributed by atoms with Gasteiger partial charge in [-0.05, 0) is 12.8 Å². The SMILES string of the molecule is [B]C(=O)NCCCC(=O)[O-]. The molecule has 4 nitrogen and oxygen atoms in total. The number of rotatable bonds is 4. The van der Waals surface area contributed by atoms with E-state index in [2.05, 4.69) is 5.32 Å². The molecule has 0 spiro atoms. The standard InChI is InChI=1S/C5H8BNO3/c6-5(10)7-3-1-2-4(8)9/h1-3H2,(H,7,10)(H,8,9)/p-1. The Morgan fingerprint density at radius 1 is 1.50 bits per heavy atom. The summed E-state index contributed by atoms with van der Waals surface area (Å²) < 4.78 is 0. The van der Waals surface area contributed by atoms with Crippen molar-refractivity contribution in [1.29, 1.82) is 0 Å². The molecule has 2 radical (unpaired) electrons. The van der Waals surface area contributed by atoms with E-state index in [1.165, 1.54) is 0 Å². The van der Waals surface area contributed by atoms with Crippen molar-refractivity contribution in [1.82, 2.24) is 5.32 Å². The third-order valence-electron chi connectivity index (χ3n) is 0.857. The highest BCUT2D eigenvalue weighted by atomic mass is 16.4. The van der Waals surface area contributed by atoms with Gasteiger partial charge in [0, 0.05) is 12.5 Å². The smallest absolute Gasteiger partial charge is 0.200 e. The Bertz CT molecular complexity index is 121. The summed E-state index contributed by atoms with van der Waals surface area (Å²) in [7, 11) is 4.70. The van der Waals surface area contributed by atoms with E-state index in [0.29, 0.717) is 6.42 Å². The molecule has 0 aliphatic heterocycles. The van der Waals surface area contributed by atoms with Gasteiger partial charge in [0.2, 0.25) is 0 Å². The van der Waals surface area contributed by atoms with Gasteiger partial charge in [-0.15, -0.1) is 0 Å². The number of aliphatic carboxylic acids is 1. The van der Waals surface area contributed by atoms with Crippen molar-refractivity contribution in [2.24, 2.45) is 0 Å². The monoisotopic (exact) mass is 140 g/mol. The molecule has 0 fully saturated rings. The van der Waals surface area contributed by atoms with E-state index in [1.54, 1.807) is 0 Å². The lowest BCUT2D eigenvalue weighted by Crippen LogP contribution is -2.26. The van der Waals surface area contributed by atoms with E-state index >= 15 is 0 Å². The summed E-state index contributed by atoms with van der Waals surface area (Å²) in [5.74, 6) is -1.76. The van der Waals surface area contributed by atoms with E-state index in [1.807, 2.05) is 0 Å². The fourth-order valence-corrected chi connectivity index (χ4v) is 0.444. The Morgan fingerprint density at radius 2 is 2.10 bits per heavy atom. The molecule has 0 saturated heterocycles. The lowest BCUT2D eigenvalue weighted by atomic mass is 10.1. The average Bonchev–Trinajstić information content (AvgIpc) is 1.79. The first-order valence-corrected chi connectivity index (χ1v) is 2.86. The van der Waals surface area contributed by atoms with Crippen LogP contribution in [0.25, 0.3) is 0 Å². The fourth-order valence-electron chi connectivity index (χ4n) is 0.444. The van der Waals surface area contributed by atoms with Crippen molar-refractivity contribution in [2.75, 3.05) is 6.54 Å². The Morgan fingerprint density at radius 3 is 2.50 bits per heavy atom. The van der Waals surface area contributed by atoms with E-state index in [-0.39, 0.29) is 13.0 Å². The highest BCUT2D eigenvalue weighted by Gasteiger charge is 1.89. The Hall–Kier alpha value is -0.995. The van der Waals surface area contributed by atoms with Crippen LogP contribution in [-0.4, -0.2) is 26.2 Å². The van der Waals surface area contributed by atoms with Gasteiger partial charge in [-0.3, -0.25) is 4.79 Å². The van der Waals surface area contributed by atoms with Crippen LogP contribution < -0.4 is 10.4 Å². The summed E-state index contributed by atoms with van der Waals surface area (Å²) in [6.07, 6.45) is 0.297. The minimum atomic E-state index is -1.12. The van der Waals surface area contributed by atoms with Crippen LogP contribution in [0.2, 0.25) is 0 Å². The zero-order chi connectivity index (χ0) is 7.98. The highest BCUT2D eigenvalue weighted by molar-refractivity contribution is 6.57. The van der Waals surface area contributed by atoms with Gasteiger partial charge in [0.1, 0.15) is 0 Å². The maximum absolute atomic E-state index is 9.99. The molecule has 0 aliphatic rings. The van der Waals surface area contributed by atoms with Crippen LogP contribution in [0.5, 0.6) is 0 Å². The molecule has 0 saturated carbocycles. The number of carbonyl (C=O) groups excluding carboxylic acids is 2. The number of carboxylic acids is 1.